The van der Waals surface area contributed by atoms with Crippen molar-refractivity contribution in [3.8, 4) is 0 Å². The molecule has 0 radical (unpaired) electrons. The Hall–Kier alpha value is -1.44. The number of pyridine rings is 1. The highest BCUT2D eigenvalue weighted by atomic mass is 32.2. The monoisotopic (exact) mass is 351 g/mol. The first-order valence-electron chi connectivity index (χ1n) is 7.87. The molecule has 1 aliphatic rings. The van der Waals surface area contributed by atoms with E-state index in [0.717, 1.165) is 24.5 Å². The quantitative estimate of drug-likeness (QED) is 0.899. The largest absolute Gasteiger partial charge is 0.357 e. The maximum atomic E-state index is 12.1. The lowest BCUT2D eigenvalue weighted by molar-refractivity contribution is 0.581. The van der Waals surface area contributed by atoms with Crippen LogP contribution in [-0.2, 0) is 16.6 Å². The molecule has 0 atom stereocenters. The Balaban J connectivity index is 1.61. The van der Waals surface area contributed by atoms with Crippen LogP contribution in [0.15, 0.2) is 40.1 Å². The minimum atomic E-state index is -3.43. The van der Waals surface area contributed by atoms with E-state index >= 15 is 0 Å². The van der Waals surface area contributed by atoms with Crippen LogP contribution in [0.2, 0.25) is 0 Å². The van der Waals surface area contributed by atoms with Crippen molar-refractivity contribution in [3.63, 3.8) is 0 Å². The summed E-state index contributed by atoms with van der Waals surface area (Å²) in [5.74, 6) is 0.983. The number of nitrogens with one attached hydrogen (secondary N) is 1. The molecule has 0 saturated carbocycles. The van der Waals surface area contributed by atoms with Gasteiger partial charge in [-0.1, -0.05) is 18.9 Å². The first kappa shape index (κ1) is 16.4. The third kappa shape index (κ3) is 4.31. The summed E-state index contributed by atoms with van der Waals surface area (Å²) in [5.41, 5.74) is 0.863. The van der Waals surface area contributed by atoms with E-state index in [9.17, 15) is 8.42 Å². The summed E-state index contributed by atoms with van der Waals surface area (Å²) in [4.78, 5) is 7.13. The minimum absolute atomic E-state index is 0.255. The van der Waals surface area contributed by atoms with Crippen molar-refractivity contribution in [2.75, 3.05) is 18.0 Å². The number of nitrogens with zero attached hydrogens (tertiary/aromatic N) is 2. The van der Waals surface area contributed by atoms with E-state index in [1.54, 1.807) is 23.0 Å². The molecule has 0 unspecified atom stereocenters. The number of hydrogen-bond acceptors (Lipinski definition) is 5. The highest BCUT2D eigenvalue weighted by Gasteiger charge is 2.14. The molecule has 0 aromatic carbocycles. The van der Waals surface area contributed by atoms with Crippen molar-refractivity contribution < 1.29 is 8.42 Å². The lowest BCUT2D eigenvalue weighted by Gasteiger charge is -2.21. The Morgan fingerprint density at radius 3 is 2.52 bits per heavy atom. The molecule has 0 amide bonds. The van der Waals surface area contributed by atoms with Crippen LogP contribution >= 0.6 is 11.3 Å². The third-order valence-electron chi connectivity index (χ3n) is 4.01. The maximum Gasteiger partial charge on any atom is 0.241 e. The van der Waals surface area contributed by atoms with Crippen molar-refractivity contribution >= 4 is 27.2 Å². The van der Waals surface area contributed by atoms with E-state index in [1.165, 1.54) is 37.0 Å². The fourth-order valence-electron chi connectivity index (χ4n) is 2.67. The molecule has 7 heteroatoms. The summed E-state index contributed by atoms with van der Waals surface area (Å²) >= 11 is 1.37. The minimum Gasteiger partial charge on any atom is -0.357 e. The maximum absolute atomic E-state index is 12.1. The van der Waals surface area contributed by atoms with E-state index in [2.05, 4.69) is 14.6 Å². The SMILES string of the molecule is O=S(=O)(NCc1ccc(N2CCCCCC2)nc1)c1ccsc1. The molecular formula is C16H21N3O2S2. The molecule has 1 aliphatic heterocycles. The van der Waals surface area contributed by atoms with Crippen molar-refractivity contribution in [1.29, 1.82) is 0 Å². The predicted molar refractivity (Wildman–Crippen MR) is 93.3 cm³/mol. The molecule has 2 aromatic heterocycles. The van der Waals surface area contributed by atoms with E-state index in [0.29, 0.717) is 4.90 Å². The summed E-state index contributed by atoms with van der Waals surface area (Å²) < 4.78 is 26.8. The number of hydrogen-bond donors (Lipinski definition) is 1. The van der Waals surface area contributed by atoms with Crippen molar-refractivity contribution in [2.24, 2.45) is 0 Å². The van der Waals surface area contributed by atoms with Crippen LogP contribution in [0, 0.1) is 0 Å². The summed E-state index contributed by atoms with van der Waals surface area (Å²) in [6.45, 7) is 2.36. The van der Waals surface area contributed by atoms with Gasteiger partial charge in [0.15, 0.2) is 0 Å². The average molecular weight is 351 g/mol. The van der Waals surface area contributed by atoms with Crippen LogP contribution in [-0.4, -0.2) is 26.5 Å². The van der Waals surface area contributed by atoms with Gasteiger partial charge in [0, 0.05) is 31.2 Å². The zero-order valence-corrected chi connectivity index (χ0v) is 14.6. The molecule has 124 valence electrons. The summed E-state index contributed by atoms with van der Waals surface area (Å²) in [6.07, 6.45) is 6.77. The molecular weight excluding hydrogens is 330 g/mol. The number of sulfonamides is 1. The molecule has 5 nitrogen and oxygen atoms in total. The third-order valence-corrected chi connectivity index (χ3v) is 6.24. The van der Waals surface area contributed by atoms with E-state index in [4.69, 9.17) is 0 Å². The normalized spacial score (nSPS) is 16.3. The number of aromatic nitrogens is 1. The zero-order valence-electron chi connectivity index (χ0n) is 12.9. The lowest BCUT2D eigenvalue weighted by Crippen LogP contribution is -2.25. The van der Waals surface area contributed by atoms with Crippen molar-refractivity contribution in [2.45, 2.75) is 37.1 Å². The highest BCUT2D eigenvalue weighted by molar-refractivity contribution is 7.89. The van der Waals surface area contributed by atoms with Gasteiger partial charge in [-0.15, -0.1) is 0 Å². The number of anilines is 1. The molecule has 1 saturated heterocycles. The van der Waals surface area contributed by atoms with E-state index in [-0.39, 0.29) is 6.54 Å². The smallest absolute Gasteiger partial charge is 0.241 e. The van der Waals surface area contributed by atoms with Gasteiger partial charge in [-0.2, -0.15) is 11.3 Å². The fourth-order valence-corrected chi connectivity index (χ4v) is 4.72. The van der Waals surface area contributed by atoms with Gasteiger partial charge in [0.2, 0.25) is 10.0 Å². The predicted octanol–water partition coefficient (Wildman–Crippen LogP) is 3.00. The van der Waals surface area contributed by atoms with Crippen LogP contribution in [0.3, 0.4) is 0 Å². The summed E-state index contributed by atoms with van der Waals surface area (Å²) in [7, 11) is -3.43. The standard InChI is InChI=1S/C16H21N3O2S2/c20-23(21,15-7-10-22-13-15)18-12-14-5-6-16(17-11-14)19-8-3-1-2-4-9-19/h5-7,10-11,13,18H,1-4,8-9,12H2. The Morgan fingerprint density at radius 1 is 1.13 bits per heavy atom. The number of thiophene rings is 1. The molecule has 0 aliphatic carbocycles. The van der Waals surface area contributed by atoms with E-state index in [1.807, 2.05) is 12.1 Å². The molecule has 2 aromatic rings. The molecule has 0 spiro atoms. The Labute approximate surface area is 141 Å². The van der Waals surface area contributed by atoms with Crippen molar-refractivity contribution in [1.82, 2.24) is 9.71 Å². The van der Waals surface area contributed by atoms with Gasteiger partial charge in [0.05, 0.1) is 4.90 Å². The first-order chi connectivity index (χ1) is 11.1. The van der Waals surface area contributed by atoms with Crippen molar-refractivity contribution in [3.05, 3.63) is 40.7 Å². The van der Waals surface area contributed by atoms with Gasteiger partial charge < -0.3 is 4.90 Å². The average Bonchev–Trinajstić information content (AvgIpc) is 2.98. The molecule has 1 N–H and O–H groups in total. The Kier molecular flexibility index (Phi) is 5.30. The number of rotatable bonds is 5. The molecule has 3 heterocycles. The van der Waals surface area contributed by atoms with Gasteiger partial charge in [-0.25, -0.2) is 18.1 Å². The highest BCUT2D eigenvalue weighted by Crippen LogP contribution is 2.18. The van der Waals surface area contributed by atoms with Crippen LogP contribution in [0.5, 0.6) is 0 Å². The summed E-state index contributed by atoms with van der Waals surface area (Å²) in [6, 6.07) is 5.54. The van der Waals surface area contributed by atoms with Gasteiger partial charge >= 0.3 is 0 Å². The van der Waals surface area contributed by atoms with Gasteiger partial charge in [0.25, 0.3) is 0 Å². The Bertz CT molecular complexity index is 704. The zero-order chi connectivity index (χ0) is 16.1. The second kappa shape index (κ2) is 7.42. The molecule has 3 rings (SSSR count). The van der Waals surface area contributed by atoms with Gasteiger partial charge in [0.1, 0.15) is 5.82 Å². The molecule has 0 bridgehead atoms. The second-order valence-electron chi connectivity index (χ2n) is 5.71. The Morgan fingerprint density at radius 2 is 1.91 bits per heavy atom. The molecule has 1 fully saturated rings. The van der Waals surface area contributed by atoms with Gasteiger partial charge in [-0.05, 0) is 35.9 Å². The lowest BCUT2D eigenvalue weighted by atomic mass is 10.2. The summed E-state index contributed by atoms with van der Waals surface area (Å²) in [5, 5.41) is 3.38. The van der Waals surface area contributed by atoms with Crippen LogP contribution < -0.4 is 9.62 Å². The molecule has 23 heavy (non-hydrogen) atoms. The van der Waals surface area contributed by atoms with Crippen LogP contribution in [0.25, 0.3) is 0 Å². The fraction of sp³-hybridized carbons (Fsp3) is 0.438. The second-order valence-corrected chi connectivity index (χ2v) is 8.26. The first-order valence-corrected chi connectivity index (χ1v) is 10.3. The van der Waals surface area contributed by atoms with Crippen LogP contribution in [0.1, 0.15) is 31.2 Å². The topological polar surface area (TPSA) is 62.3 Å². The van der Waals surface area contributed by atoms with Gasteiger partial charge in [-0.3, -0.25) is 0 Å². The van der Waals surface area contributed by atoms with E-state index < -0.39 is 10.0 Å². The van der Waals surface area contributed by atoms with Crippen LogP contribution in [0.4, 0.5) is 5.82 Å².